The van der Waals surface area contributed by atoms with Gasteiger partial charge < -0.3 is 4.42 Å². The van der Waals surface area contributed by atoms with Crippen molar-refractivity contribution < 1.29 is 13.2 Å². The second kappa shape index (κ2) is 5.94. The maximum atomic E-state index is 13.3. The van der Waals surface area contributed by atoms with Crippen LogP contribution in [0, 0.1) is 11.6 Å². The maximum absolute atomic E-state index is 13.3. The molecule has 0 aliphatic heterocycles. The lowest BCUT2D eigenvalue weighted by Gasteiger charge is -2.04. The van der Waals surface area contributed by atoms with Crippen LogP contribution in [0.25, 0.3) is 22.4 Å². The van der Waals surface area contributed by atoms with Gasteiger partial charge in [0.05, 0.1) is 29.5 Å². The number of oxazole rings is 1. The fraction of sp³-hybridized carbons (Fsp3) is 0.0556. The first kappa shape index (κ1) is 15.2. The van der Waals surface area contributed by atoms with Crippen LogP contribution in [0.1, 0.15) is 5.69 Å². The van der Waals surface area contributed by atoms with Gasteiger partial charge in [0.15, 0.2) is 0 Å². The lowest BCUT2D eigenvalue weighted by molar-refractivity contribution is 0.569. The summed E-state index contributed by atoms with van der Waals surface area (Å²) >= 11 is 0. The van der Waals surface area contributed by atoms with Crippen LogP contribution >= 0.6 is 0 Å². The molecule has 2 aromatic heterocycles. The zero-order valence-corrected chi connectivity index (χ0v) is 12.8. The summed E-state index contributed by atoms with van der Waals surface area (Å²) in [6.07, 6.45) is 2.74. The number of aromatic nitrogens is 3. The van der Waals surface area contributed by atoms with Crippen LogP contribution in [0.3, 0.4) is 0 Å². The number of fused-ring (bicyclic) bond motifs is 1. The Bertz CT molecular complexity index is 1130. The molecular weight excluding hydrogens is 328 g/mol. The molecule has 0 N–H and O–H groups in total. The topological polar surface area (TPSA) is 60.9 Å². The van der Waals surface area contributed by atoms with Gasteiger partial charge in [-0.05, 0) is 30.3 Å². The van der Waals surface area contributed by atoms with Gasteiger partial charge >= 0.3 is 0 Å². The smallest absolute Gasteiger partial charge is 0.261 e. The number of hydrogen-bond donors (Lipinski definition) is 0. The Morgan fingerprint density at radius 1 is 1.08 bits per heavy atom. The van der Waals surface area contributed by atoms with Crippen molar-refractivity contribution in [3.8, 4) is 11.5 Å². The highest BCUT2D eigenvalue weighted by molar-refractivity contribution is 5.77. The van der Waals surface area contributed by atoms with Crippen LogP contribution in [0.15, 0.2) is 64.3 Å². The maximum Gasteiger partial charge on any atom is 0.261 e. The van der Waals surface area contributed by atoms with Crippen LogP contribution in [-0.2, 0) is 6.54 Å². The van der Waals surface area contributed by atoms with Crippen molar-refractivity contribution in [1.29, 1.82) is 0 Å². The molecule has 0 aliphatic rings. The largest absolute Gasteiger partial charge is 0.444 e. The Morgan fingerprint density at radius 2 is 1.92 bits per heavy atom. The van der Waals surface area contributed by atoms with Crippen molar-refractivity contribution >= 4 is 10.9 Å². The van der Waals surface area contributed by atoms with Crippen LogP contribution < -0.4 is 5.56 Å². The molecule has 0 atom stereocenters. The highest BCUT2D eigenvalue weighted by Crippen LogP contribution is 2.19. The third-order valence-electron chi connectivity index (χ3n) is 3.74. The fourth-order valence-corrected chi connectivity index (χ4v) is 2.55. The predicted octanol–water partition coefficient (Wildman–Crippen LogP) is 3.38. The van der Waals surface area contributed by atoms with Crippen molar-refractivity contribution in [2.45, 2.75) is 6.54 Å². The molecule has 0 unspecified atom stereocenters. The van der Waals surface area contributed by atoms with E-state index in [0.717, 1.165) is 0 Å². The van der Waals surface area contributed by atoms with Gasteiger partial charge in [-0.15, -0.1) is 0 Å². The first-order valence-electron chi connectivity index (χ1n) is 7.45. The molecule has 2 heterocycles. The summed E-state index contributed by atoms with van der Waals surface area (Å²) in [5.41, 5.74) is 0.984. The number of nitrogens with zero attached hydrogens (tertiary/aromatic N) is 3. The van der Waals surface area contributed by atoms with Crippen LogP contribution in [-0.4, -0.2) is 14.5 Å². The molecule has 124 valence electrons. The SMILES string of the molecule is O=c1c2ccc(F)cc2ncn1Cc1coc(-c2cccc(F)c2)n1. The Hall–Kier alpha value is -3.35. The van der Waals surface area contributed by atoms with Gasteiger partial charge in [0.2, 0.25) is 5.89 Å². The van der Waals surface area contributed by atoms with E-state index in [0.29, 0.717) is 22.2 Å². The van der Waals surface area contributed by atoms with E-state index in [4.69, 9.17) is 4.42 Å². The van der Waals surface area contributed by atoms with E-state index in [-0.39, 0.29) is 23.8 Å². The molecule has 25 heavy (non-hydrogen) atoms. The minimum Gasteiger partial charge on any atom is -0.444 e. The number of rotatable bonds is 3. The van der Waals surface area contributed by atoms with E-state index in [1.807, 2.05) is 0 Å². The second-order valence-electron chi connectivity index (χ2n) is 5.49. The number of halogens is 2. The minimum atomic E-state index is -0.451. The third kappa shape index (κ3) is 2.91. The van der Waals surface area contributed by atoms with Crippen molar-refractivity contribution in [2.75, 3.05) is 0 Å². The fourth-order valence-electron chi connectivity index (χ4n) is 2.55. The van der Waals surface area contributed by atoms with E-state index >= 15 is 0 Å². The lowest BCUT2D eigenvalue weighted by atomic mass is 10.2. The van der Waals surface area contributed by atoms with Crippen molar-refractivity contribution in [1.82, 2.24) is 14.5 Å². The van der Waals surface area contributed by atoms with Crippen LogP contribution in [0.2, 0.25) is 0 Å². The molecule has 2 aromatic carbocycles. The van der Waals surface area contributed by atoms with Gasteiger partial charge in [-0.3, -0.25) is 9.36 Å². The average molecular weight is 339 g/mol. The van der Waals surface area contributed by atoms with Gasteiger partial charge in [-0.2, -0.15) is 0 Å². The Balaban J connectivity index is 1.67. The van der Waals surface area contributed by atoms with E-state index < -0.39 is 5.82 Å². The molecule has 7 heteroatoms. The molecule has 4 rings (SSSR count). The summed E-state index contributed by atoms with van der Waals surface area (Å²) in [6, 6.07) is 9.71. The number of hydrogen-bond acceptors (Lipinski definition) is 4. The first-order valence-corrected chi connectivity index (χ1v) is 7.45. The second-order valence-corrected chi connectivity index (χ2v) is 5.49. The Morgan fingerprint density at radius 3 is 2.76 bits per heavy atom. The lowest BCUT2D eigenvalue weighted by Crippen LogP contribution is -2.21. The Kier molecular flexibility index (Phi) is 3.61. The predicted molar refractivity (Wildman–Crippen MR) is 87.0 cm³/mol. The minimum absolute atomic E-state index is 0.137. The molecule has 0 saturated heterocycles. The van der Waals surface area contributed by atoms with Crippen molar-refractivity contribution in [2.24, 2.45) is 0 Å². The molecule has 4 aromatic rings. The summed E-state index contributed by atoms with van der Waals surface area (Å²) in [5.74, 6) is -0.578. The molecule has 0 aliphatic carbocycles. The molecule has 0 saturated carbocycles. The van der Waals surface area contributed by atoms with Crippen LogP contribution in [0.5, 0.6) is 0 Å². The summed E-state index contributed by atoms with van der Waals surface area (Å²) in [7, 11) is 0. The molecule has 0 fully saturated rings. The van der Waals surface area contributed by atoms with E-state index in [1.54, 1.807) is 12.1 Å². The van der Waals surface area contributed by atoms with Crippen molar-refractivity contribution in [3.05, 3.63) is 82.7 Å². The standard InChI is InChI=1S/C18H11F2N3O2/c19-12-3-1-2-11(6-12)17-22-14(9-25-17)8-23-10-21-16-7-13(20)4-5-15(16)18(23)24/h1-7,9-10H,8H2. The highest BCUT2D eigenvalue weighted by atomic mass is 19.1. The zero-order valence-electron chi connectivity index (χ0n) is 12.8. The van der Waals surface area contributed by atoms with Gasteiger partial charge in [-0.1, -0.05) is 6.07 Å². The molecule has 0 radical (unpaired) electrons. The van der Waals surface area contributed by atoms with Gasteiger partial charge in [0.1, 0.15) is 17.9 Å². The monoisotopic (exact) mass is 339 g/mol. The molecule has 5 nitrogen and oxygen atoms in total. The highest BCUT2D eigenvalue weighted by Gasteiger charge is 2.10. The van der Waals surface area contributed by atoms with Gasteiger partial charge in [-0.25, -0.2) is 18.7 Å². The third-order valence-corrected chi connectivity index (χ3v) is 3.74. The summed E-state index contributed by atoms with van der Waals surface area (Å²) < 4.78 is 33.2. The van der Waals surface area contributed by atoms with Gasteiger partial charge in [0, 0.05) is 11.6 Å². The van der Waals surface area contributed by atoms with E-state index in [9.17, 15) is 13.6 Å². The molecular formula is C18H11F2N3O2. The molecule has 0 amide bonds. The molecule has 0 spiro atoms. The first-order chi connectivity index (χ1) is 12.1. The summed E-state index contributed by atoms with van der Waals surface area (Å²) in [4.78, 5) is 20.8. The van der Waals surface area contributed by atoms with E-state index in [2.05, 4.69) is 9.97 Å². The average Bonchev–Trinajstić information content (AvgIpc) is 3.06. The number of benzene rings is 2. The summed E-state index contributed by atoms with van der Waals surface area (Å²) in [6.45, 7) is 0.137. The van der Waals surface area contributed by atoms with Crippen LogP contribution in [0.4, 0.5) is 8.78 Å². The quantitative estimate of drug-likeness (QED) is 0.574. The molecule has 0 bridgehead atoms. The van der Waals surface area contributed by atoms with Crippen molar-refractivity contribution in [3.63, 3.8) is 0 Å². The Labute approximate surface area is 140 Å². The van der Waals surface area contributed by atoms with E-state index in [1.165, 1.54) is 47.5 Å². The zero-order chi connectivity index (χ0) is 17.4. The summed E-state index contributed by atoms with van der Waals surface area (Å²) in [5, 5.41) is 0.317. The normalized spacial score (nSPS) is 11.1. The van der Waals surface area contributed by atoms with Gasteiger partial charge in [0.25, 0.3) is 5.56 Å².